The molecule has 2 aromatic carbocycles. The number of nitrogens with one attached hydrogen (secondary N) is 2. The van der Waals surface area contributed by atoms with Crippen LogP contribution in [-0.4, -0.2) is 25.1 Å². The van der Waals surface area contributed by atoms with Gasteiger partial charge >= 0.3 is 0 Å². The fourth-order valence-corrected chi connectivity index (χ4v) is 2.80. The van der Waals surface area contributed by atoms with Crippen LogP contribution < -0.4 is 20.1 Å². The molecular weight excluding hydrogens is 354 g/mol. The smallest absolute Gasteiger partial charge is 0.274 e. The lowest BCUT2D eigenvalue weighted by Crippen LogP contribution is -2.14. The third-order valence-corrected chi connectivity index (χ3v) is 4.31. The van der Waals surface area contributed by atoms with Crippen molar-refractivity contribution in [3.63, 3.8) is 0 Å². The van der Waals surface area contributed by atoms with Crippen molar-refractivity contribution in [2.45, 2.75) is 13.8 Å². The largest absolute Gasteiger partial charge is 0.497 e. The van der Waals surface area contributed by atoms with E-state index in [0.29, 0.717) is 17.2 Å². The van der Waals surface area contributed by atoms with Gasteiger partial charge in [0.05, 0.1) is 31.8 Å². The summed E-state index contributed by atoms with van der Waals surface area (Å²) >= 11 is 0. The highest BCUT2D eigenvalue weighted by atomic mass is 16.5. The quantitative estimate of drug-likeness (QED) is 0.651. The van der Waals surface area contributed by atoms with Gasteiger partial charge in [-0.3, -0.25) is 4.79 Å². The van der Waals surface area contributed by atoms with Gasteiger partial charge in [-0.15, -0.1) is 0 Å². The van der Waals surface area contributed by atoms with Crippen molar-refractivity contribution in [2.24, 2.45) is 0 Å². The van der Waals surface area contributed by atoms with E-state index in [-0.39, 0.29) is 5.91 Å². The summed E-state index contributed by atoms with van der Waals surface area (Å²) in [7, 11) is 3.20. The molecule has 3 rings (SSSR count). The Kier molecular flexibility index (Phi) is 5.79. The number of aryl methyl sites for hydroxylation is 2. The van der Waals surface area contributed by atoms with Crippen molar-refractivity contribution in [3.05, 3.63) is 71.5 Å². The number of carbonyl (C=O) groups is 1. The standard InChI is InChI=1S/C22H23N3O3/c1-14-5-8-18(15(2)11-14)25-22(26)20-9-6-16(13-23-20)24-19-10-7-17(27-3)12-21(19)28-4/h5-13,24H,1-4H3,(H,25,26). The van der Waals surface area contributed by atoms with Gasteiger partial charge in [0.25, 0.3) is 5.91 Å². The van der Waals surface area contributed by atoms with Gasteiger partial charge in [-0.1, -0.05) is 17.7 Å². The molecule has 0 aliphatic heterocycles. The third-order valence-electron chi connectivity index (χ3n) is 4.31. The molecule has 0 atom stereocenters. The third kappa shape index (κ3) is 4.40. The minimum absolute atomic E-state index is 0.250. The van der Waals surface area contributed by atoms with Crippen LogP contribution in [-0.2, 0) is 0 Å². The summed E-state index contributed by atoms with van der Waals surface area (Å²) in [6.45, 7) is 3.98. The first-order valence-corrected chi connectivity index (χ1v) is 8.84. The zero-order chi connectivity index (χ0) is 20.1. The maximum Gasteiger partial charge on any atom is 0.274 e. The Hall–Kier alpha value is -3.54. The number of carbonyl (C=O) groups excluding carboxylic acids is 1. The van der Waals surface area contributed by atoms with Crippen molar-refractivity contribution in [1.29, 1.82) is 0 Å². The number of rotatable bonds is 6. The maximum absolute atomic E-state index is 12.5. The molecular formula is C22H23N3O3. The topological polar surface area (TPSA) is 72.5 Å². The van der Waals surface area contributed by atoms with Gasteiger partial charge < -0.3 is 20.1 Å². The second kappa shape index (κ2) is 8.43. The summed E-state index contributed by atoms with van der Waals surface area (Å²) < 4.78 is 10.6. The van der Waals surface area contributed by atoms with Gasteiger partial charge in [0.2, 0.25) is 0 Å². The normalized spacial score (nSPS) is 10.3. The van der Waals surface area contributed by atoms with E-state index < -0.39 is 0 Å². The number of aromatic nitrogens is 1. The van der Waals surface area contributed by atoms with Gasteiger partial charge in [-0.25, -0.2) is 4.98 Å². The average molecular weight is 377 g/mol. The molecule has 3 aromatic rings. The molecule has 0 unspecified atom stereocenters. The Morgan fingerprint density at radius 2 is 1.71 bits per heavy atom. The number of nitrogens with zero attached hydrogens (tertiary/aromatic N) is 1. The molecule has 1 aromatic heterocycles. The summed E-state index contributed by atoms with van der Waals surface area (Å²) in [5.41, 5.74) is 4.80. The van der Waals surface area contributed by atoms with Crippen molar-refractivity contribution in [2.75, 3.05) is 24.9 Å². The second-order valence-electron chi connectivity index (χ2n) is 6.40. The SMILES string of the molecule is COc1ccc(Nc2ccc(C(=O)Nc3ccc(C)cc3C)nc2)c(OC)c1. The van der Waals surface area contributed by atoms with Crippen LogP contribution in [0.25, 0.3) is 0 Å². The number of hydrogen-bond acceptors (Lipinski definition) is 5. The van der Waals surface area contributed by atoms with Crippen LogP contribution in [0.2, 0.25) is 0 Å². The lowest BCUT2D eigenvalue weighted by Gasteiger charge is -2.13. The van der Waals surface area contributed by atoms with E-state index in [1.807, 2.05) is 44.2 Å². The molecule has 0 spiro atoms. The Labute approximate surface area is 164 Å². The number of ether oxygens (including phenoxy) is 2. The zero-order valence-electron chi connectivity index (χ0n) is 16.4. The Morgan fingerprint density at radius 3 is 2.36 bits per heavy atom. The van der Waals surface area contributed by atoms with E-state index in [4.69, 9.17) is 9.47 Å². The minimum atomic E-state index is -0.250. The van der Waals surface area contributed by atoms with Crippen LogP contribution in [0.15, 0.2) is 54.7 Å². The van der Waals surface area contributed by atoms with E-state index in [1.165, 1.54) is 0 Å². The highest BCUT2D eigenvalue weighted by Gasteiger charge is 2.10. The molecule has 6 heteroatoms. The number of anilines is 3. The fraction of sp³-hybridized carbons (Fsp3) is 0.182. The highest BCUT2D eigenvalue weighted by molar-refractivity contribution is 6.03. The van der Waals surface area contributed by atoms with Gasteiger partial charge in [0.1, 0.15) is 17.2 Å². The monoisotopic (exact) mass is 377 g/mol. The van der Waals surface area contributed by atoms with E-state index in [2.05, 4.69) is 15.6 Å². The molecule has 0 bridgehead atoms. The van der Waals surface area contributed by atoms with Crippen LogP contribution >= 0.6 is 0 Å². The molecule has 0 aliphatic rings. The van der Waals surface area contributed by atoms with Crippen molar-refractivity contribution >= 4 is 23.0 Å². The molecule has 0 fully saturated rings. The number of methoxy groups -OCH3 is 2. The first-order chi connectivity index (χ1) is 13.5. The summed E-state index contributed by atoms with van der Waals surface area (Å²) in [6.07, 6.45) is 1.61. The molecule has 144 valence electrons. The molecule has 1 amide bonds. The van der Waals surface area contributed by atoms with Crippen molar-refractivity contribution in [3.8, 4) is 11.5 Å². The minimum Gasteiger partial charge on any atom is -0.497 e. The number of amides is 1. The molecule has 0 aliphatic carbocycles. The molecule has 0 saturated heterocycles. The lowest BCUT2D eigenvalue weighted by molar-refractivity contribution is 0.102. The second-order valence-corrected chi connectivity index (χ2v) is 6.40. The number of benzene rings is 2. The maximum atomic E-state index is 12.5. The lowest BCUT2D eigenvalue weighted by atomic mass is 10.1. The Bertz CT molecular complexity index is 985. The number of hydrogen-bond donors (Lipinski definition) is 2. The van der Waals surface area contributed by atoms with Gasteiger partial charge in [0.15, 0.2) is 0 Å². The van der Waals surface area contributed by atoms with Gasteiger partial charge in [-0.05, 0) is 49.7 Å². The molecule has 0 radical (unpaired) electrons. The predicted molar refractivity (Wildman–Crippen MR) is 111 cm³/mol. The first kappa shape index (κ1) is 19.2. The Balaban J connectivity index is 1.72. The van der Waals surface area contributed by atoms with E-state index >= 15 is 0 Å². The molecule has 6 nitrogen and oxygen atoms in total. The summed E-state index contributed by atoms with van der Waals surface area (Å²) in [5.74, 6) is 1.11. The van der Waals surface area contributed by atoms with Crippen LogP contribution in [0, 0.1) is 13.8 Å². The van der Waals surface area contributed by atoms with Crippen molar-refractivity contribution in [1.82, 2.24) is 4.98 Å². The first-order valence-electron chi connectivity index (χ1n) is 8.84. The molecule has 2 N–H and O–H groups in total. The predicted octanol–water partition coefficient (Wildman–Crippen LogP) is 4.71. The molecule has 1 heterocycles. The van der Waals surface area contributed by atoms with E-state index in [9.17, 15) is 4.79 Å². The summed E-state index contributed by atoms with van der Waals surface area (Å²) in [4.78, 5) is 16.7. The van der Waals surface area contributed by atoms with Gasteiger partial charge in [0, 0.05) is 11.8 Å². The average Bonchev–Trinajstić information content (AvgIpc) is 2.71. The zero-order valence-corrected chi connectivity index (χ0v) is 16.4. The van der Waals surface area contributed by atoms with Crippen LogP contribution in [0.3, 0.4) is 0 Å². The van der Waals surface area contributed by atoms with E-state index in [0.717, 1.165) is 28.2 Å². The van der Waals surface area contributed by atoms with E-state index in [1.54, 1.807) is 38.6 Å². The van der Waals surface area contributed by atoms with Crippen molar-refractivity contribution < 1.29 is 14.3 Å². The number of pyridine rings is 1. The summed E-state index contributed by atoms with van der Waals surface area (Å²) in [6, 6.07) is 14.9. The molecule has 28 heavy (non-hydrogen) atoms. The Morgan fingerprint density at radius 1 is 0.929 bits per heavy atom. The van der Waals surface area contributed by atoms with Gasteiger partial charge in [-0.2, -0.15) is 0 Å². The fourth-order valence-electron chi connectivity index (χ4n) is 2.80. The van der Waals surface area contributed by atoms with Crippen LogP contribution in [0.1, 0.15) is 21.6 Å². The van der Waals surface area contributed by atoms with Crippen LogP contribution in [0.4, 0.5) is 17.1 Å². The van der Waals surface area contributed by atoms with Crippen LogP contribution in [0.5, 0.6) is 11.5 Å². The highest BCUT2D eigenvalue weighted by Crippen LogP contribution is 2.31. The summed E-state index contributed by atoms with van der Waals surface area (Å²) in [5, 5.41) is 6.13. The molecule has 0 saturated carbocycles.